The number of hydrogen-bond donors (Lipinski definition) is 4. The molecule has 41 heteroatoms. The summed E-state index contributed by atoms with van der Waals surface area (Å²) in [5.41, 5.74) is -13.7. The van der Waals surface area contributed by atoms with Crippen molar-refractivity contribution in [2.45, 2.75) is 43.9 Å². The normalized spacial score (nSPS) is 16.2. The van der Waals surface area contributed by atoms with Gasteiger partial charge >= 0.3 is 63.9 Å². The Kier molecular flexibility index (Phi) is 14.4. The molecule has 0 aromatic carbocycles. The fraction of sp³-hybridized carbons (Fsp3) is 1.00. The third-order valence-electron chi connectivity index (χ3n) is 5.43. The summed E-state index contributed by atoms with van der Waals surface area (Å²) in [6.07, 6.45) is 0. The lowest BCUT2D eigenvalue weighted by Gasteiger charge is -2.32. The summed E-state index contributed by atoms with van der Waals surface area (Å²) in [5, 5.41) is -30.2. The molecule has 0 aliphatic carbocycles. The number of halogens is 18. The second-order valence-corrected chi connectivity index (χ2v) is 20.3. The quantitative estimate of drug-likeness (QED) is 0.117. The molecule has 0 unspecified atom stereocenters. The summed E-state index contributed by atoms with van der Waals surface area (Å²) in [4.78, 5) is 0.258. The summed E-state index contributed by atoms with van der Waals surface area (Å²) in [5.74, 6) is -15.7. The van der Waals surface area contributed by atoms with Crippen molar-refractivity contribution in [3.8, 4) is 0 Å². The highest BCUT2D eigenvalue weighted by atomic mass is 32.3. The summed E-state index contributed by atoms with van der Waals surface area (Å²) >= 11 is 0. The summed E-state index contributed by atoms with van der Waals surface area (Å²) in [6, 6.07) is 0. The number of sulfonamides is 6. The van der Waals surface area contributed by atoms with Crippen LogP contribution in [0.25, 0.3) is 0 Å². The van der Waals surface area contributed by atoms with E-state index < -0.39 is 138 Å². The molecule has 0 rings (SSSR count). The van der Waals surface area contributed by atoms with Gasteiger partial charge in [0.1, 0.15) is 0 Å². The molecule has 0 saturated heterocycles. The third-order valence-corrected chi connectivity index (χ3v) is 15.1. The molecular weight excluding hydrogens is 953 g/mol. The summed E-state index contributed by atoms with van der Waals surface area (Å²) < 4.78 is 375. The van der Waals surface area contributed by atoms with Gasteiger partial charge in [0, 0.05) is 26.2 Å². The van der Waals surface area contributed by atoms with Crippen molar-refractivity contribution in [2.75, 3.05) is 33.2 Å². The maximum absolute atomic E-state index is 14.1. The first-order chi connectivity index (χ1) is 23.0. The molecule has 0 saturated carbocycles. The van der Waals surface area contributed by atoms with Crippen LogP contribution >= 0.6 is 0 Å². The van der Waals surface area contributed by atoms with Crippen LogP contribution in [0.2, 0.25) is 0 Å². The van der Waals surface area contributed by atoms with Gasteiger partial charge in [-0.1, -0.05) is 8.25 Å². The Morgan fingerprint density at radius 3 is 0.778 bits per heavy atom. The van der Waals surface area contributed by atoms with Gasteiger partial charge < -0.3 is 4.90 Å². The van der Waals surface area contributed by atoms with E-state index in [9.17, 15) is 130 Å². The average molecular weight is 968 g/mol. The first kappa shape index (κ1) is 52.2. The topological polar surface area (TPSA) is 256 Å². The molecule has 0 atom stereocenters. The number of nitrogens with zero attached hydrogens (tertiary/aromatic N) is 1. The highest BCUT2D eigenvalue weighted by molar-refractivity contribution is 8.06. The van der Waals surface area contributed by atoms with E-state index in [-0.39, 0.29) is 4.90 Å². The van der Waals surface area contributed by atoms with Gasteiger partial charge in [-0.15, -0.1) is 0 Å². The van der Waals surface area contributed by atoms with E-state index in [1.165, 1.54) is 0 Å². The fourth-order valence-electron chi connectivity index (χ4n) is 2.54. The summed E-state index contributed by atoms with van der Waals surface area (Å²) in [6.45, 7) is -6.29. The zero-order chi connectivity index (χ0) is 44.2. The number of nitrogens with one attached hydrogen (secondary N) is 4. The van der Waals surface area contributed by atoms with Crippen LogP contribution in [0.3, 0.4) is 0 Å². The van der Waals surface area contributed by atoms with Gasteiger partial charge in [0.15, 0.2) is 0 Å². The number of likely N-dealkylation sites (N-methyl/N-ethyl adjacent to an activating group) is 1. The van der Waals surface area contributed by atoms with E-state index in [0.717, 1.165) is 0 Å². The Morgan fingerprint density at radius 1 is 0.370 bits per heavy atom. The molecule has 0 aliphatic rings. The van der Waals surface area contributed by atoms with E-state index in [1.807, 2.05) is 0 Å². The summed E-state index contributed by atoms with van der Waals surface area (Å²) in [7, 11) is -45.6. The van der Waals surface area contributed by atoms with Crippen LogP contribution in [0.4, 0.5) is 79.0 Å². The van der Waals surface area contributed by atoms with Crippen LogP contribution in [-0.4, -0.2) is 133 Å². The highest BCUT2D eigenvalue weighted by Crippen LogP contribution is 2.52. The molecule has 0 heterocycles. The SMILES string of the molecule is CN(CCNS(=O)(=O)C(F)(F)C(F)(F)C(F)(F)S(=O)(=O)NS(=O)(=O)C(F)(F)F)CCNS(=O)(=O)C(F)(F)C(F)(F)C(F)(F)S(=O)(=O)NS(=O)(=O)C(F)(F)F. The average Bonchev–Trinajstić information content (AvgIpc) is 2.89. The molecule has 0 aromatic heterocycles. The lowest BCUT2D eigenvalue weighted by atomic mass is 10.3. The Labute approximate surface area is 289 Å². The maximum atomic E-state index is 14.1. The lowest BCUT2D eigenvalue weighted by molar-refractivity contribution is -0.244. The third kappa shape index (κ3) is 9.33. The van der Waals surface area contributed by atoms with Gasteiger partial charge in [-0.2, -0.15) is 79.0 Å². The zero-order valence-electron chi connectivity index (χ0n) is 24.4. The van der Waals surface area contributed by atoms with E-state index >= 15 is 0 Å². The Balaban J connectivity index is 5.91. The predicted molar refractivity (Wildman–Crippen MR) is 135 cm³/mol. The van der Waals surface area contributed by atoms with Crippen molar-refractivity contribution in [1.82, 2.24) is 22.6 Å². The van der Waals surface area contributed by atoms with E-state index in [1.54, 1.807) is 0 Å². The first-order valence-electron chi connectivity index (χ1n) is 11.6. The Hall–Kier alpha value is -1.76. The van der Waals surface area contributed by atoms with E-state index in [4.69, 9.17) is 0 Å². The van der Waals surface area contributed by atoms with Crippen LogP contribution in [-0.2, 0) is 60.1 Å². The molecule has 0 radical (unpaired) electrons. The van der Waals surface area contributed by atoms with E-state index in [2.05, 4.69) is 0 Å². The van der Waals surface area contributed by atoms with E-state index in [0.29, 0.717) is 16.5 Å². The van der Waals surface area contributed by atoms with Gasteiger partial charge in [-0.05, 0) is 7.05 Å². The molecule has 0 aliphatic heterocycles. The molecule has 4 N–H and O–H groups in total. The van der Waals surface area contributed by atoms with Crippen LogP contribution < -0.4 is 17.7 Å². The van der Waals surface area contributed by atoms with Gasteiger partial charge in [0.25, 0.3) is 40.1 Å². The second-order valence-electron chi connectivity index (χ2n) is 9.39. The monoisotopic (exact) mass is 967 g/mol. The van der Waals surface area contributed by atoms with Crippen molar-refractivity contribution in [2.24, 2.45) is 0 Å². The van der Waals surface area contributed by atoms with Crippen molar-refractivity contribution in [1.29, 1.82) is 0 Å². The van der Waals surface area contributed by atoms with Crippen LogP contribution in [0, 0.1) is 0 Å². The lowest BCUT2D eigenvalue weighted by Crippen LogP contribution is -2.65. The smallest absolute Gasteiger partial charge is 0.304 e. The van der Waals surface area contributed by atoms with Crippen LogP contribution in [0.5, 0.6) is 0 Å². The van der Waals surface area contributed by atoms with Crippen molar-refractivity contribution in [3.63, 3.8) is 0 Å². The van der Waals surface area contributed by atoms with Crippen molar-refractivity contribution in [3.05, 3.63) is 0 Å². The number of alkyl halides is 18. The minimum absolute atomic E-state index is 0.258. The Morgan fingerprint density at radius 2 is 0.574 bits per heavy atom. The molecule has 0 bridgehead atoms. The molecule has 54 heavy (non-hydrogen) atoms. The minimum atomic E-state index is -8.12. The zero-order valence-corrected chi connectivity index (χ0v) is 29.3. The molecule has 0 amide bonds. The fourth-order valence-corrected chi connectivity index (χ4v) is 9.52. The molecule has 0 spiro atoms. The van der Waals surface area contributed by atoms with Gasteiger partial charge in [0.05, 0.1) is 0 Å². The standard InChI is InChI=1S/C13H15F18N5O12S6/c1-36(4-2-32-49(37,38)8(18,19)6(14,15)10(22,23)51(41,42)34-53(45,46)12(26,27)28)5-3-33-50(39,40)9(20,21)7(16,17)11(24,25)52(43,44)35-54(47,48)13(29,30)31/h32-35H,2-5H2,1H3. The molecular formula is C13H15F18N5O12S6. The largest absolute Gasteiger partial charge is 0.512 e. The highest BCUT2D eigenvalue weighted by Gasteiger charge is 2.84. The Bertz CT molecular complexity index is 1920. The van der Waals surface area contributed by atoms with Gasteiger partial charge in [0.2, 0.25) is 0 Å². The molecule has 0 fully saturated rings. The molecule has 0 aromatic rings. The van der Waals surface area contributed by atoms with Gasteiger partial charge in [-0.25, -0.2) is 60.0 Å². The van der Waals surface area contributed by atoms with Crippen LogP contribution in [0.15, 0.2) is 0 Å². The van der Waals surface area contributed by atoms with Crippen LogP contribution in [0.1, 0.15) is 0 Å². The second kappa shape index (κ2) is 14.9. The molecule has 17 nitrogen and oxygen atoms in total. The number of rotatable bonds is 20. The van der Waals surface area contributed by atoms with Crippen molar-refractivity contribution < 1.29 is 130 Å². The van der Waals surface area contributed by atoms with Crippen molar-refractivity contribution >= 4 is 60.1 Å². The van der Waals surface area contributed by atoms with Gasteiger partial charge in [-0.3, -0.25) is 0 Å². The minimum Gasteiger partial charge on any atom is -0.304 e. The number of hydrogen-bond acceptors (Lipinski definition) is 13. The molecule has 326 valence electrons. The predicted octanol–water partition coefficient (Wildman–Crippen LogP) is -0.0632. The first-order valence-corrected chi connectivity index (χ1v) is 20.5. The maximum Gasteiger partial charge on any atom is 0.512 e.